The molecule has 1 amide bonds. The van der Waals surface area contributed by atoms with Gasteiger partial charge in [0.2, 0.25) is 5.91 Å². The summed E-state index contributed by atoms with van der Waals surface area (Å²) in [5.74, 6) is 0.675. The van der Waals surface area contributed by atoms with Gasteiger partial charge in [-0.15, -0.1) is 0 Å². The Morgan fingerprint density at radius 1 is 1.60 bits per heavy atom. The van der Waals surface area contributed by atoms with Gasteiger partial charge in [-0.25, -0.2) is 0 Å². The second-order valence-corrected chi connectivity index (χ2v) is 4.21. The lowest BCUT2D eigenvalue weighted by atomic mass is 10.1. The van der Waals surface area contributed by atoms with Crippen LogP contribution in [0.1, 0.15) is 27.2 Å². The first-order valence-corrected chi connectivity index (χ1v) is 5.77. The Morgan fingerprint density at radius 3 is 2.93 bits per heavy atom. The van der Waals surface area contributed by atoms with Gasteiger partial charge in [0, 0.05) is 19.8 Å². The summed E-state index contributed by atoms with van der Waals surface area (Å²) in [4.78, 5) is 13.5. The molecule has 1 heterocycles. The Bertz CT molecular complexity index is 207. The maximum absolute atomic E-state index is 11.6. The molecule has 1 aliphatic rings. The summed E-state index contributed by atoms with van der Waals surface area (Å²) in [6, 6.07) is 0. The Hall–Kier alpha value is -0.610. The van der Waals surface area contributed by atoms with Gasteiger partial charge in [-0.1, -0.05) is 13.8 Å². The third-order valence-corrected chi connectivity index (χ3v) is 2.64. The molecule has 0 aromatic carbocycles. The first-order chi connectivity index (χ1) is 7.16. The van der Waals surface area contributed by atoms with Crippen LogP contribution in [0.4, 0.5) is 0 Å². The smallest absolute Gasteiger partial charge is 0.237 e. The van der Waals surface area contributed by atoms with Crippen LogP contribution in [0.3, 0.4) is 0 Å². The molecule has 1 saturated heterocycles. The van der Waals surface area contributed by atoms with Gasteiger partial charge in [-0.2, -0.15) is 0 Å². The fourth-order valence-corrected chi connectivity index (χ4v) is 1.90. The van der Waals surface area contributed by atoms with Gasteiger partial charge in [0.15, 0.2) is 0 Å². The van der Waals surface area contributed by atoms with Gasteiger partial charge < -0.3 is 9.64 Å². The zero-order valence-corrected chi connectivity index (χ0v) is 9.95. The predicted octanol–water partition coefficient (Wildman–Crippen LogP) is 0.827. The van der Waals surface area contributed by atoms with Crippen molar-refractivity contribution in [2.75, 3.05) is 26.3 Å². The molecule has 4 nitrogen and oxygen atoms in total. The minimum Gasteiger partial charge on any atom is -0.382 e. The average Bonchev–Trinajstić information content (AvgIpc) is 2.55. The van der Waals surface area contributed by atoms with Gasteiger partial charge >= 0.3 is 0 Å². The number of hydrogen-bond acceptors (Lipinski definition) is 3. The zero-order valence-electron chi connectivity index (χ0n) is 9.95. The normalized spacial score (nSPS) is 21.7. The van der Waals surface area contributed by atoms with Crippen LogP contribution in [0.15, 0.2) is 0 Å². The summed E-state index contributed by atoms with van der Waals surface area (Å²) < 4.78 is 5.27. The van der Waals surface area contributed by atoms with Crippen LogP contribution in [0.25, 0.3) is 0 Å². The maximum atomic E-state index is 11.6. The molecule has 0 spiro atoms. The van der Waals surface area contributed by atoms with Crippen LogP contribution < -0.4 is 5.32 Å². The van der Waals surface area contributed by atoms with Crippen molar-refractivity contribution < 1.29 is 9.53 Å². The van der Waals surface area contributed by atoms with Gasteiger partial charge in [-0.3, -0.25) is 10.1 Å². The van der Waals surface area contributed by atoms with E-state index in [2.05, 4.69) is 19.2 Å². The average molecular weight is 214 g/mol. The SMILES string of the molecule is CCOCCCN1C(=O)CNC1C(C)C. The summed E-state index contributed by atoms with van der Waals surface area (Å²) in [6.07, 6.45) is 1.13. The van der Waals surface area contributed by atoms with Crippen molar-refractivity contribution in [2.24, 2.45) is 5.92 Å². The highest BCUT2D eigenvalue weighted by Crippen LogP contribution is 2.13. The number of ether oxygens (including phenoxy) is 1. The Morgan fingerprint density at radius 2 is 2.33 bits per heavy atom. The molecule has 15 heavy (non-hydrogen) atoms. The molecule has 0 aromatic rings. The van der Waals surface area contributed by atoms with Crippen LogP contribution in [-0.4, -0.2) is 43.3 Å². The quantitative estimate of drug-likeness (QED) is 0.666. The van der Waals surface area contributed by atoms with Gasteiger partial charge in [0.1, 0.15) is 0 Å². The first-order valence-electron chi connectivity index (χ1n) is 5.77. The lowest BCUT2D eigenvalue weighted by Gasteiger charge is -2.27. The largest absolute Gasteiger partial charge is 0.382 e. The summed E-state index contributed by atoms with van der Waals surface area (Å²) >= 11 is 0. The predicted molar refractivity (Wildman–Crippen MR) is 59.5 cm³/mol. The molecule has 1 atom stereocenters. The van der Waals surface area contributed by atoms with Crippen molar-refractivity contribution in [3.8, 4) is 0 Å². The molecule has 0 aromatic heterocycles. The molecular formula is C11H22N2O2. The number of carbonyl (C=O) groups is 1. The summed E-state index contributed by atoms with van der Waals surface area (Å²) in [6.45, 7) is 9.02. The van der Waals surface area contributed by atoms with Crippen LogP contribution in [-0.2, 0) is 9.53 Å². The van der Waals surface area contributed by atoms with E-state index in [9.17, 15) is 4.79 Å². The Labute approximate surface area is 92.0 Å². The highest BCUT2D eigenvalue weighted by molar-refractivity contribution is 5.80. The highest BCUT2D eigenvalue weighted by Gasteiger charge is 2.31. The molecule has 1 rings (SSSR count). The lowest BCUT2D eigenvalue weighted by Crippen LogP contribution is -2.42. The minimum absolute atomic E-state index is 0.208. The molecule has 4 heteroatoms. The molecule has 0 radical (unpaired) electrons. The molecular weight excluding hydrogens is 192 g/mol. The number of rotatable bonds is 6. The van der Waals surface area contributed by atoms with Crippen molar-refractivity contribution in [1.82, 2.24) is 10.2 Å². The topological polar surface area (TPSA) is 41.6 Å². The van der Waals surface area contributed by atoms with Crippen molar-refractivity contribution in [1.29, 1.82) is 0 Å². The highest BCUT2D eigenvalue weighted by atomic mass is 16.5. The Balaban J connectivity index is 2.33. The fraction of sp³-hybridized carbons (Fsp3) is 0.909. The number of nitrogens with zero attached hydrogens (tertiary/aromatic N) is 1. The Kier molecular flexibility index (Phi) is 5.05. The summed E-state index contributed by atoms with van der Waals surface area (Å²) in [7, 11) is 0. The maximum Gasteiger partial charge on any atom is 0.237 e. The van der Waals surface area contributed by atoms with E-state index in [1.165, 1.54) is 0 Å². The molecule has 0 bridgehead atoms. The molecule has 1 aliphatic heterocycles. The number of amides is 1. The van der Waals surface area contributed by atoms with Crippen molar-refractivity contribution in [2.45, 2.75) is 33.4 Å². The van der Waals surface area contributed by atoms with Crippen LogP contribution >= 0.6 is 0 Å². The van der Waals surface area contributed by atoms with Gasteiger partial charge in [-0.05, 0) is 19.3 Å². The van der Waals surface area contributed by atoms with E-state index in [-0.39, 0.29) is 12.1 Å². The number of hydrogen-bond donors (Lipinski definition) is 1. The van der Waals surface area contributed by atoms with Crippen LogP contribution in [0, 0.1) is 5.92 Å². The van der Waals surface area contributed by atoms with Crippen molar-refractivity contribution in [3.63, 3.8) is 0 Å². The second-order valence-electron chi connectivity index (χ2n) is 4.21. The minimum atomic E-state index is 0.208. The lowest BCUT2D eigenvalue weighted by molar-refractivity contribution is -0.128. The summed E-state index contributed by atoms with van der Waals surface area (Å²) in [5, 5.41) is 3.23. The van der Waals surface area contributed by atoms with Crippen molar-refractivity contribution >= 4 is 5.91 Å². The second kappa shape index (κ2) is 6.08. The van der Waals surface area contributed by atoms with Crippen LogP contribution in [0.2, 0.25) is 0 Å². The van der Waals surface area contributed by atoms with Gasteiger partial charge in [0.05, 0.1) is 12.7 Å². The molecule has 1 N–H and O–H groups in total. The zero-order chi connectivity index (χ0) is 11.3. The van der Waals surface area contributed by atoms with Gasteiger partial charge in [0.25, 0.3) is 0 Å². The fourth-order valence-electron chi connectivity index (χ4n) is 1.90. The molecule has 88 valence electrons. The molecule has 0 saturated carbocycles. The summed E-state index contributed by atoms with van der Waals surface area (Å²) in [5.41, 5.74) is 0. The third kappa shape index (κ3) is 3.47. The number of nitrogens with one attached hydrogen (secondary N) is 1. The van der Waals surface area contributed by atoms with E-state index in [1.807, 2.05) is 11.8 Å². The van der Waals surface area contributed by atoms with Crippen LogP contribution in [0.5, 0.6) is 0 Å². The van der Waals surface area contributed by atoms with E-state index < -0.39 is 0 Å². The standard InChI is InChI=1S/C11H22N2O2/c1-4-15-7-5-6-13-10(14)8-12-11(13)9(2)3/h9,11-12H,4-8H2,1-3H3. The van der Waals surface area contributed by atoms with E-state index in [1.54, 1.807) is 0 Å². The monoisotopic (exact) mass is 214 g/mol. The molecule has 1 fully saturated rings. The number of carbonyl (C=O) groups excluding carboxylic acids is 1. The van der Waals surface area contributed by atoms with E-state index in [0.717, 1.165) is 26.2 Å². The third-order valence-electron chi connectivity index (χ3n) is 2.64. The molecule has 0 aliphatic carbocycles. The van der Waals surface area contributed by atoms with E-state index in [4.69, 9.17) is 4.74 Å². The van der Waals surface area contributed by atoms with E-state index in [0.29, 0.717) is 12.5 Å². The van der Waals surface area contributed by atoms with E-state index >= 15 is 0 Å². The van der Waals surface area contributed by atoms with Crippen molar-refractivity contribution in [3.05, 3.63) is 0 Å². The first kappa shape index (κ1) is 12.5. The molecule has 1 unspecified atom stereocenters.